The molecule has 0 aliphatic rings. The molecule has 0 heterocycles. The molecule has 0 spiro atoms. The number of ether oxygens (including phenoxy) is 2. The fourth-order valence-electron chi connectivity index (χ4n) is 1.74. The number of carbonyl (C=O) groups excluding carboxylic acids is 2. The summed E-state index contributed by atoms with van der Waals surface area (Å²) in [5.74, 6) is -1.76. The fourth-order valence-corrected chi connectivity index (χ4v) is 1.74. The predicted molar refractivity (Wildman–Crippen MR) is 83.4 cm³/mol. The first-order valence-electron chi connectivity index (χ1n) is 7.06. The van der Waals surface area contributed by atoms with Crippen LogP contribution in [0, 0.1) is 10.1 Å². The van der Waals surface area contributed by atoms with E-state index < -0.39 is 39.3 Å². The Morgan fingerprint density at radius 3 is 1.87 bits per heavy atom. The van der Waals surface area contributed by atoms with Gasteiger partial charge in [-0.15, -0.1) is 0 Å². The second-order valence-corrected chi connectivity index (χ2v) is 6.96. The van der Waals surface area contributed by atoms with Gasteiger partial charge in [-0.05, 0) is 47.6 Å². The lowest BCUT2D eigenvalue weighted by Gasteiger charge is -2.22. The van der Waals surface area contributed by atoms with Crippen molar-refractivity contribution in [2.24, 2.45) is 0 Å². The lowest BCUT2D eigenvalue weighted by atomic mass is 10.0. The van der Waals surface area contributed by atoms with Crippen LogP contribution in [0.15, 0.2) is 18.2 Å². The van der Waals surface area contributed by atoms with Gasteiger partial charge in [-0.1, -0.05) is 6.07 Å². The van der Waals surface area contributed by atoms with Gasteiger partial charge in [0, 0.05) is 6.07 Å². The summed E-state index contributed by atoms with van der Waals surface area (Å²) in [6, 6.07) is 3.78. The molecule has 0 aromatic heterocycles. The fraction of sp³-hybridized carbons (Fsp3) is 0.500. The first-order valence-corrected chi connectivity index (χ1v) is 7.06. The maximum Gasteiger partial charge on any atom is 0.346 e. The summed E-state index contributed by atoms with van der Waals surface area (Å²) in [5, 5.41) is 11.2. The molecule has 126 valence electrons. The molecular weight excluding hydrogens is 302 g/mol. The summed E-state index contributed by atoms with van der Waals surface area (Å²) in [4.78, 5) is 35.1. The Morgan fingerprint density at radius 2 is 1.43 bits per heavy atom. The van der Waals surface area contributed by atoms with E-state index in [1.165, 1.54) is 12.1 Å². The van der Waals surface area contributed by atoms with Gasteiger partial charge in [-0.3, -0.25) is 10.1 Å². The highest BCUT2D eigenvalue weighted by atomic mass is 16.6. The van der Waals surface area contributed by atoms with Gasteiger partial charge in [0.05, 0.1) is 10.5 Å². The largest absolute Gasteiger partial charge is 0.456 e. The van der Waals surface area contributed by atoms with Crippen molar-refractivity contribution in [3.05, 3.63) is 39.4 Å². The van der Waals surface area contributed by atoms with Crippen molar-refractivity contribution in [1.29, 1.82) is 0 Å². The van der Waals surface area contributed by atoms with E-state index in [1.54, 1.807) is 41.5 Å². The molecule has 0 amide bonds. The third-order valence-corrected chi connectivity index (χ3v) is 2.46. The number of hydrogen-bond acceptors (Lipinski definition) is 6. The zero-order valence-electron chi connectivity index (χ0n) is 14.1. The Hall–Kier alpha value is -2.44. The number of carbonyl (C=O) groups is 2. The number of esters is 2. The Kier molecular flexibility index (Phi) is 5.14. The van der Waals surface area contributed by atoms with Crippen LogP contribution in [0.3, 0.4) is 0 Å². The molecule has 1 aromatic rings. The van der Waals surface area contributed by atoms with Crippen LogP contribution in [0.4, 0.5) is 5.69 Å². The summed E-state index contributed by atoms with van der Waals surface area (Å²) in [5.41, 5.74) is -2.74. The van der Waals surface area contributed by atoms with Crippen LogP contribution in [-0.4, -0.2) is 28.1 Å². The molecule has 0 saturated heterocycles. The number of rotatable bonds is 3. The molecule has 0 aliphatic heterocycles. The van der Waals surface area contributed by atoms with Crippen molar-refractivity contribution < 1.29 is 24.0 Å². The Bertz CT molecular complexity index is 637. The molecule has 0 aliphatic carbocycles. The first-order chi connectivity index (χ1) is 10.3. The van der Waals surface area contributed by atoms with Crippen molar-refractivity contribution in [3.8, 4) is 0 Å². The average molecular weight is 323 g/mol. The number of nitro benzene ring substituents is 1. The molecule has 0 unspecified atom stereocenters. The van der Waals surface area contributed by atoms with Crippen LogP contribution in [0.5, 0.6) is 0 Å². The first kappa shape index (κ1) is 18.6. The third-order valence-electron chi connectivity index (χ3n) is 2.46. The molecule has 0 N–H and O–H groups in total. The van der Waals surface area contributed by atoms with Gasteiger partial charge in [0.25, 0.3) is 5.69 Å². The molecule has 23 heavy (non-hydrogen) atoms. The Balaban J connectivity index is 3.42. The Morgan fingerprint density at radius 1 is 0.957 bits per heavy atom. The number of nitrogens with zero attached hydrogens (tertiary/aromatic N) is 1. The van der Waals surface area contributed by atoms with Gasteiger partial charge in [0.2, 0.25) is 0 Å². The standard InChI is InChI=1S/C16H21NO6/c1-15(2,3)22-13(18)10-8-7-9-11(17(20)21)12(10)14(19)23-16(4,5)6/h7-9H,1-6H3. The molecule has 0 radical (unpaired) electrons. The van der Waals surface area contributed by atoms with E-state index >= 15 is 0 Å². The van der Waals surface area contributed by atoms with E-state index in [4.69, 9.17) is 9.47 Å². The molecule has 1 rings (SSSR count). The molecule has 0 saturated carbocycles. The van der Waals surface area contributed by atoms with Gasteiger partial charge in [0.15, 0.2) is 5.56 Å². The summed E-state index contributed by atoms with van der Waals surface area (Å²) >= 11 is 0. The maximum atomic E-state index is 12.3. The summed E-state index contributed by atoms with van der Waals surface area (Å²) in [6.07, 6.45) is 0. The van der Waals surface area contributed by atoms with Gasteiger partial charge in [0.1, 0.15) is 11.2 Å². The minimum absolute atomic E-state index is 0.191. The van der Waals surface area contributed by atoms with Gasteiger partial charge in [-0.2, -0.15) is 0 Å². The monoisotopic (exact) mass is 323 g/mol. The van der Waals surface area contributed by atoms with Crippen molar-refractivity contribution in [2.45, 2.75) is 52.7 Å². The number of benzene rings is 1. The van der Waals surface area contributed by atoms with Crippen LogP contribution in [0.2, 0.25) is 0 Å². The second kappa shape index (κ2) is 6.36. The molecule has 0 fully saturated rings. The normalized spacial score (nSPS) is 11.7. The average Bonchev–Trinajstić information content (AvgIpc) is 2.33. The van der Waals surface area contributed by atoms with E-state index in [0.717, 1.165) is 6.07 Å². The van der Waals surface area contributed by atoms with Crippen molar-refractivity contribution in [2.75, 3.05) is 0 Å². The molecular formula is C16H21NO6. The zero-order valence-corrected chi connectivity index (χ0v) is 14.1. The number of hydrogen-bond donors (Lipinski definition) is 0. The van der Waals surface area contributed by atoms with Crippen LogP contribution >= 0.6 is 0 Å². The minimum atomic E-state index is -0.939. The smallest absolute Gasteiger partial charge is 0.346 e. The highest BCUT2D eigenvalue weighted by Gasteiger charge is 2.32. The SMILES string of the molecule is CC(C)(C)OC(=O)c1cccc([N+](=O)[O-])c1C(=O)OC(C)(C)C. The van der Waals surface area contributed by atoms with Crippen LogP contribution < -0.4 is 0 Å². The predicted octanol–water partition coefficient (Wildman–Crippen LogP) is 3.51. The van der Waals surface area contributed by atoms with Crippen LogP contribution in [-0.2, 0) is 9.47 Å². The summed E-state index contributed by atoms with van der Waals surface area (Å²) in [7, 11) is 0. The molecule has 7 heteroatoms. The zero-order chi connectivity index (χ0) is 18.0. The lowest BCUT2D eigenvalue weighted by Crippen LogP contribution is -2.28. The van der Waals surface area contributed by atoms with Crippen LogP contribution in [0.1, 0.15) is 62.3 Å². The molecule has 0 atom stereocenters. The maximum absolute atomic E-state index is 12.3. The third kappa shape index (κ3) is 5.36. The molecule has 0 bridgehead atoms. The summed E-state index contributed by atoms with van der Waals surface area (Å²) < 4.78 is 10.4. The minimum Gasteiger partial charge on any atom is -0.456 e. The second-order valence-electron chi connectivity index (χ2n) is 6.96. The van der Waals surface area contributed by atoms with Crippen molar-refractivity contribution >= 4 is 17.6 Å². The van der Waals surface area contributed by atoms with E-state index in [0.29, 0.717) is 0 Å². The molecule has 1 aromatic carbocycles. The lowest BCUT2D eigenvalue weighted by molar-refractivity contribution is -0.385. The quantitative estimate of drug-likeness (QED) is 0.480. The highest BCUT2D eigenvalue weighted by molar-refractivity contribution is 6.06. The van der Waals surface area contributed by atoms with Crippen LogP contribution in [0.25, 0.3) is 0 Å². The molecule has 7 nitrogen and oxygen atoms in total. The van der Waals surface area contributed by atoms with E-state index in [9.17, 15) is 19.7 Å². The van der Waals surface area contributed by atoms with Gasteiger partial charge < -0.3 is 9.47 Å². The van der Waals surface area contributed by atoms with Crippen molar-refractivity contribution in [1.82, 2.24) is 0 Å². The van der Waals surface area contributed by atoms with Gasteiger partial charge in [-0.25, -0.2) is 9.59 Å². The van der Waals surface area contributed by atoms with E-state index in [2.05, 4.69) is 0 Å². The Labute approximate surface area is 134 Å². The van der Waals surface area contributed by atoms with Gasteiger partial charge >= 0.3 is 11.9 Å². The topological polar surface area (TPSA) is 95.7 Å². The van der Waals surface area contributed by atoms with E-state index in [1.807, 2.05) is 0 Å². The summed E-state index contributed by atoms with van der Waals surface area (Å²) in [6.45, 7) is 9.88. The van der Waals surface area contributed by atoms with Crippen molar-refractivity contribution in [3.63, 3.8) is 0 Å². The van der Waals surface area contributed by atoms with E-state index in [-0.39, 0.29) is 5.56 Å². The number of nitro groups is 1. The highest BCUT2D eigenvalue weighted by Crippen LogP contribution is 2.27.